The van der Waals surface area contributed by atoms with Crippen molar-refractivity contribution < 1.29 is 8.78 Å². The van der Waals surface area contributed by atoms with Crippen molar-refractivity contribution in [2.24, 2.45) is 11.1 Å². The summed E-state index contributed by atoms with van der Waals surface area (Å²) >= 11 is 0. The number of nitrogens with two attached hydrogens (primary N) is 1. The van der Waals surface area contributed by atoms with E-state index in [0.717, 1.165) is 6.07 Å². The molecule has 0 saturated carbocycles. The molecule has 1 atom stereocenters. The van der Waals surface area contributed by atoms with E-state index in [-0.39, 0.29) is 17.0 Å². The van der Waals surface area contributed by atoms with Crippen LogP contribution in [0.4, 0.5) is 8.78 Å². The van der Waals surface area contributed by atoms with Crippen molar-refractivity contribution in [2.75, 3.05) is 0 Å². The van der Waals surface area contributed by atoms with Gasteiger partial charge in [-0.15, -0.1) is 0 Å². The van der Waals surface area contributed by atoms with E-state index in [2.05, 4.69) is 9.97 Å². The first-order chi connectivity index (χ1) is 8.27. The lowest BCUT2D eigenvalue weighted by Crippen LogP contribution is -2.37. The van der Waals surface area contributed by atoms with Gasteiger partial charge in [0, 0.05) is 18.5 Å². The van der Waals surface area contributed by atoms with Crippen LogP contribution in [0.25, 0.3) is 11.0 Å². The maximum Gasteiger partial charge on any atom is 0.153 e. The van der Waals surface area contributed by atoms with Gasteiger partial charge < -0.3 is 10.7 Å². The van der Waals surface area contributed by atoms with Crippen molar-refractivity contribution in [3.05, 3.63) is 29.6 Å². The van der Waals surface area contributed by atoms with Crippen LogP contribution in [-0.4, -0.2) is 16.0 Å². The molecule has 3 nitrogen and oxygen atoms in total. The minimum atomic E-state index is -0.656. The second-order valence-corrected chi connectivity index (χ2v) is 5.64. The molecular weight excluding hydrogens is 236 g/mol. The number of hydrogen-bond donors (Lipinski definition) is 2. The SMILES string of the molecule is CC(C)(C)C(N)Cc1nc2c(F)cc(F)cc2[nH]1. The Bertz CT molecular complexity index is 569. The maximum atomic E-state index is 13.5. The van der Waals surface area contributed by atoms with Gasteiger partial charge in [0.05, 0.1) is 5.52 Å². The molecule has 1 heterocycles. The monoisotopic (exact) mass is 253 g/mol. The largest absolute Gasteiger partial charge is 0.342 e. The standard InChI is InChI=1S/C13H17F2N3/c1-13(2,3)10(16)6-11-17-9-5-7(14)4-8(15)12(9)18-11/h4-5,10H,6,16H2,1-3H3,(H,17,18). The van der Waals surface area contributed by atoms with Crippen LogP contribution in [0.5, 0.6) is 0 Å². The molecule has 0 saturated heterocycles. The van der Waals surface area contributed by atoms with Crippen molar-refractivity contribution in [1.29, 1.82) is 0 Å². The van der Waals surface area contributed by atoms with Crippen LogP contribution in [0.15, 0.2) is 12.1 Å². The molecule has 1 aromatic heterocycles. The highest BCUT2D eigenvalue weighted by Crippen LogP contribution is 2.22. The molecular formula is C13H17F2N3. The Morgan fingerprint density at radius 3 is 2.61 bits per heavy atom. The van der Waals surface area contributed by atoms with Crippen molar-refractivity contribution in [3.63, 3.8) is 0 Å². The molecule has 2 aromatic rings. The van der Waals surface area contributed by atoms with E-state index in [1.54, 1.807) is 0 Å². The Balaban J connectivity index is 2.34. The molecule has 18 heavy (non-hydrogen) atoms. The fourth-order valence-electron chi connectivity index (χ4n) is 1.70. The molecule has 3 N–H and O–H groups in total. The summed E-state index contributed by atoms with van der Waals surface area (Å²) in [5.41, 5.74) is 6.50. The maximum absolute atomic E-state index is 13.5. The zero-order valence-corrected chi connectivity index (χ0v) is 10.7. The minimum absolute atomic E-state index is 0.0667. The highest BCUT2D eigenvalue weighted by Gasteiger charge is 2.22. The third-order valence-corrected chi connectivity index (χ3v) is 3.08. The summed E-state index contributed by atoms with van der Waals surface area (Å²) in [5, 5.41) is 0. The predicted molar refractivity (Wildman–Crippen MR) is 67.1 cm³/mol. The van der Waals surface area contributed by atoms with Gasteiger partial charge in [-0.3, -0.25) is 0 Å². The number of aromatic amines is 1. The smallest absolute Gasteiger partial charge is 0.153 e. The Kier molecular flexibility index (Phi) is 3.11. The lowest BCUT2D eigenvalue weighted by atomic mass is 9.85. The van der Waals surface area contributed by atoms with E-state index in [1.807, 2.05) is 20.8 Å². The highest BCUT2D eigenvalue weighted by atomic mass is 19.1. The van der Waals surface area contributed by atoms with Crippen molar-refractivity contribution in [2.45, 2.75) is 33.2 Å². The molecule has 0 fully saturated rings. The lowest BCUT2D eigenvalue weighted by Gasteiger charge is -2.26. The topological polar surface area (TPSA) is 54.7 Å². The number of nitrogens with one attached hydrogen (secondary N) is 1. The normalized spacial score (nSPS) is 14.1. The van der Waals surface area contributed by atoms with Crippen LogP contribution in [0.1, 0.15) is 26.6 Å². The van der Waals surface area contributed by atoms with Crippen molar-refractivity contribution >= 4 is 11.0 Å². The summed E-state index contributed by atoms with van der Waals surface area (Å²) in [5.74, 6) is -0.691. The molecule has 2 rings (SSSR count). The molecule has 0 bridgehead atoms. The fourth-order valence-corrected chi connectivity index (χ4v) is 1.70. The number of hydrogen-bond acceptors (Lipinski definition) is 2. The van der Waals surface area contributed by atoms with Gasteiger partial charge in [-0.05, 0) is 11.5 Å². The van der Waals surface area contributed by atoms with Gasteiger partial charge in [0.2, 0.25) is 0 Å². The molecule has 0 radical (unpaired) electrons. The Hall–Kier alpha value is -1.49. The van der Waals surface area contributed by atoms with Gasteiger partial charge in [-0.25, -0.2) is 13.8 Å². The first-order valence-electron chi connectivity index (χ1n) is 5.86. The average Bonchev–Trinajstić information content (AvgIpc) is 2.58. The zero-order valence-electron chi connectivity index (χ0n) is 10.7. The summed E-state index contributed by atoms with van der Waals surface area (Å²) in [6, 6.07) is 1.96. The number of imidazole rings is 1. The Labute approximate surface area is 104 Å². The van der Waals surface area contributed by atoms with Gasteiger partial charge in [0.15, 0.2) is 5.82 Å². The number of halogens is 2. The average molecular weight is 253 g/mol. The summed E-state index contributed by atoms with van der Waals surface area (Å²) in [6.45, 7) is 6.09. The number of rotatable bonds is 2. The molecule has 0 spiro atoms. The minimum Gasteiger partial charge on any atom is -0.342 e. The van der Waals surface area contributed by atoms with Gasteiger partial charge >= 0.3 is 0 Å². The van der Waals surface area contributed by atoms with Crippen molar-refractivity contribution in [3.8, 4) is 0 Å². The number of H-pyrrole nitrogens is 1. The van der Waals surface area contributed by atoms with Crippen LogP contribution in [0, 0.1) is 17.0 Å². The van der Waals surface area contributed by atoms with Crippen molar-refractivity contribution in [1.82, 2.24) is 9.97 Å². The van der Waals surface area contributed by atoms with E-state index in [4.69, 9.17) is 5.73 Å². The number of fused-ring (bicyclic) bond motifs is 1. The first kappa shape index (κ1) is 13.0. The second-order valence-electron chi connectivity index (χ2n) is 5.64. The Morgan fingerprint density at radius 1 is 1.33 bits per heavy atom. The number of benzene rings is 1. The number of nitrogens with zero attached hydrogens (tertiary/aromatic N) is 1. The van der Waals surface area contributed by atoms with E-state index in [0.29, 0.717) is 17.8 Å². The summed E-state index contributed by atoms with van der Waals surface area (Å²) < 4.78 is 26.5. The second kappa shape index (κ2) is 4.31. The van der Waals surface area contributed by atoms with Gasteiger partial charge in [0.1, 0.15) is 17.2 Å². The summed E-state index contributed by atoms with van der Waals surface area (Å²) in [4.78, 5) is 7.04. The van der Waals surface area contributed by atoms with E-state index in [1.165, 1.54) is 6.07 Å². The van der Waals surface area contributed by atoms with Crippen LogP contribution in [0.2, 0.25) is 0 Å². The molecule has 5 heteroatoms. The van der Waals surface area contributed by atoms with Crippen LogP contribution < -0.4 is 5.73 Å². The quantitative estimate of drug-likeness (QED) is 0.864. The lowest BCUT2D eigenvalue weighted by molar-refractivity contribution is 0.315. The third-order valence-electron chi connectivity index (χ3n) is 3.08. The van der Waals surface area contributed by atoms with E-state index in [9.17, 15) is 8.78 Å². The highest BCUT2D eigenvalue weighted by molar-refractivity contribution is 5.75. The Morgan fingerprint density at radius 2 is 2.00 bits per heavy atom. The molecule has 1 unspecified atom stereocenters. The van der Waals surface area contributed by atoms with Gasteiger partial charge in [0.25, 0.3) is 0 Å². The van der Waals surface area contributed by atoms with Crippen LogP contribution >= 0.6 is 0 Å². The van der Waals surface area contributed by atoms with Crippen LogP contribution in [0.3, 0.4) is 0 Å². The van der Waals surface area contributed by atoms with Gasteiger partial charge in [-0.2, -0.15) is 0 Å². The fraction of sp³-hybridized carbons (Fsp3) is 0.462. The van der Waals surface area contributed by atoms with Crippen LogP contribution in [-0.2, 0) is 6.42 Å². The molecule has 0 aliphatic rings. The molecule has 98 valence electrons. The molecule has 1 aromatic carbocycles. The zero-order chi connectivity index (χ0) is 13.5. The molecule has 0 amide bonds. The molecule has 0 aliphatic heterocycles. The van der Waals surface area contributed by atoms with Gasteiger partial charge in [-0.1, -0.05) is 20.8 Å². The van der Waals surface area contributed by atoms with E-state index < -0.39 is 11.6 Å². The number of aromatic nitrogens is 2. The first-order valence-corrected chi connectivity index (χ1v) is 5.86. The summed E-state index contributed by atoms with van der Waals surface area (Å²) in [6.07, 6.45) is 0.499. The molecule has 0 aliphatic carbocycles. The predicted octanol–water partition coefficient (Wildman–Crippen LogP) is 2.76. The summed E-state index contributed by atoms with van der Waals surface area (Å²) in [7, 11) is 0. The third kappa shape index (κ3) is 2.51. The van der Waals surface area contributed by atoms with E-state index >= 15 is 0 Å².